The van der Waals surface area contributed by atoms with Gasteiger partial charge in [-0.3, -0.25) is 14.7 Å². The highest BCUT2D eigenvalue weighted by atomic mass is 35.5. The zero-order valence-corrected chi connectivity index (χ0v) is 21.2. The first-order valence-corrected chi connectivity index (χ1v) is 11.7. The Labute approximate surface area is 218 Å². The summed E-state index contributed by atoms with van der Waals surface area (Å²) in [4.78, 5) is 34.6. The first-order chi connectivity index (χ1) is 17.8. The molecule has 0 radical (unpaired) electrons. The van der Waals surface area contributed by atoms with Crippen molar-refractivity contribution in [3.63, 3.8) is 0 Å². The number of hydrogen-bond acceptors (Lipinski definition) is 8. The van der Waals surface area contributed by atoms with Gasteiger partial charge >= 0.3 is 0 Å². The molecule has 0 aliphatic heterocycles. The molecule has 0 aliphatic carbocycles. The molecular weight excluding hydrogens is 494 g/mol. The van der Waals surface area contributed by atoms with Gasteiger partial charge in [-0.1, -0.05) is 29.8 Å². The highest BCUT2D eigenvalue weighted by Gasteiger charge is 2.13. The highest BCUT2D eigenvalue weighted by molar-refractivity contribution is 6.33. The lowest BCUT2D eigenvalue weighted by molar-refractivity contribution is -0.116. The second-order valence-corrected chi connectivity index (χ2v) is 8.70. The van der Waals surface area contributed by atoms with E-state index >= 15 is 0 Å². The smallest absolute Gasteiger partial charge is 0.248 e. The summed E-state index contributed by atoms with van der Waals surface area (Å²) in [5, 5.41) is 20.1. The number of amides is 2. The van der Waals surface area contributed by atoms with Crippen LogP contribution in [0.3, 0.4) is 0 Å². The van der Waals surface area contributed by atoms with Gasteiger partial charge < -0.3 is 26.2 Å². The molecular formula is C25H26ClN9O2. The van der Waals surface area contributed by atoms with Crippen LogP contribution in [0.4, 0.5) is 34.6 Å². The van der Waals surface area contributed by atoms with E-state index in [1.54, 1.807) is 30.0 Å². The number of carbonyl (C=O) groups is 2. The number of hydrogen-bond donors (Lipinski definition) is 5. The van der Waals surface area contributed by atoms with Crippen molar-refractivity contribution >= 4 is 69.0 Å². The SMILES string of the molecule is C/C=C/C(=O)Nc1ccccc1Nc1nc(Nc2ccc3c(NC(=O)CN(C)C)n[nH]c3c2)ncc1Cl. The molecule has 0 bridgehead atoms. The summed E-state index contributed by atoms with van der Waals surface area (Å²) in [5.74, 6) is 0.726. The number of H-pyrrole nitrogens is 1. The fourth-order valence-electron chi connectivity index (χ4n) is 3.45. The second kappa shape index (κ2) is 11.5. The zero-order valence-electron chi connectivity index (χ0n) is 20.5. The third-order valence-corrected chi connectivity index (χ3v) is 5.31. The maximum Gasteiger partial charge on any atom is 0.248 e. The van der Waals surface area contributed by atoms with Gasteiger partial charge in [0.2, 0.25) is 17.8 Å². The molecule has 0 spiro atoms. The van der Waals surface area contributed by atoms with Gasteiger partial charge in [-0.25, -0.2) is 4.98 Å². The van der Waals surface area contributed by atoms with Crippen LogP contribution in [0.25, 0.3) is 10.9 Å². The van der Waals surface area contributed by atoms with Gasteiger partial charge in [0.1, 0.15) is 5.02 Å². The van der Waals surface area contributed by atoms with E-state index in [1.807, 2.05) is 44.4 Å². The van der Waals surface area contributed by atoms with Gasteiger partial charge in [0, 0.05) is 11.1 Å². The lowest BCUT2D eigenvalue weighted by Crippen LogP contribution is -2.27. The summed E-state index contributed by atoms with van der Waals surface area (Å²) in [6.07, 6.45) is 4.58. The summed E-state index contributed by atoms with van der Waals surface area (Å²) in [6.45, 7) is 2.02. The van der Waals surface area contributed by atoms with E-state index < -0.39 is 0 Å². The molecule has 0 atom stereocenters. The van der Waals surface area contributed by atoms with Crippen molar-refractivity contribution in [1.29, 1.82) is 0 Å². The number of aromatic amines is 1. The monoisotopic (exact) mass is 519 g/mol. The Morgan fingerprint density at radius 1 is 1.05 bits per heavy atom. The predicted octanol–water partition coefficient (Wildman–Crippen LogP) is 4.51. The Balaban J connectivity index is 1.51. The van der Waals surface area contributed by atoms with Crippen molar-refractivity contribution in [3.8, 4) is 0 Å². The summed E-state index contributed by atoms with van der Waals surface area (Å²) in [5.41, 5.74) is 2.63. The Morgan fingerprint density at radius 2 is 1.84 bits per heavy atom. The van der Waals surface area contributed by atoms with Crippen LogP contribution in [0.5, 0.6) is 0 Å². The summed E-state index contributed by atoms with van der Waals surface area (Å²) in [7, 11) is 3.64. The molecule has 37 heavy (non-hydrogen) atoms. The average molecular weight is 520 g/mol. The number of rotatable bonds is 9. The van der Waals surface area contributed by atoms with E-state index in [1.165, 1.54) is 12.3 Å². The average Bonchev–Trinajstić information content (AvgIpc) is 3.23. The van der Waals surface area contributed by atoms with Crippen LogP contribution in [0.15, 0.2) is 60.8 Å². The fourth-order valence-corrected chi connectivity index (χ4v) is 3.59. The van der Waals surface area contributed by atoms with E-state index in [9.17, 15) is 9.59 Å². The van der Waals surface area contributed by atoms with Gasteiger partial charge in [0.25, 0.3) is 0 Å². The third-order valence-electron chi connectivity index (χ3n) is 5.04. The number of benzene rings is 2. The molecule has 0 aliphatic rings. The zero-order chi connectivity index (χ0) is 26.4. The number of fused-ring (bicyclic) bond motifs is 1. The Hall–Kier alpha value is -4.48. The molecule has 2 aromatic heterocycles. The fraction of sp³-hybridized carbons (Fsp3) is 0.160. The second-order valence-electron chi connectivity index (χ2n) is 8.29. The lowest BCUT2D eigenvalue weighted by atomic mass is 10.2. The largest absolute Gasteiger partial charge is 0.337 e. The van der Waals surface area contributed by atoms with Gasteiger partial charge in [-0.05, 0) is 57.4 Å². The quantitative estimate of drug-likeness (QED) is 0.203. The minimum atomic E-state index is -0.248. The Bertz CT molecular complexity index is 1470. The molecule has 0 saturated carbocycles. The summed E-state index contributed by atoms with van der Waals surface area (Å²) in [6, 6.07) is 12.7. The van der Waals surface area contributed by atoms with Crippen molar-refractivity contribution < 1.29 is 9.59 Å². The number of para-hydroxylation sites is 2. The number of allylic oxidation sites excluding steroid dienone is 1. The van der Waals surface area contributed by atoms with Crippen molar-refractivity contribution in [1.82, 2.24) is 25.1 Å². The van der Waals surface area contributed by atoms with Crippen molar-refractivity contribution in [2.24, 2.45) is 0 Å². The van der Waals surface area contributed by atoms with Crippen LogP contribution in [0, 0.1) is 0 Å². The first kappa shape index (κ1) is 25.6. The van der Waals surface area contributed by atoms with Crippen LogP contribution < -0.4 is 21.3 Å². The van der Waals surface area contributed by atoms with E-state index in [-0.39, 0.29) is 18.4 Å². The first-order valence-electron chi connectivity index (χ1n) is 11.3. The topological polar surface area (TPSA) is 140 Å². The standard InChI is InChI=1S/C25H26ClN9O2/c1-4-7-21(36)29-18-8-5-6-9-19(18)30-24-17(26)13-27-25(32-24)28-15-10-11-16-20(12-15)33-34-23(16)31-22(37)14-35(2)3/h4-13H,14H2,1-3H3,(H,29,36)(H2,27,28,30,32)(H2,31,33,34,37)/b7-4+. The normalized spacial score (nSPS) is 11.2. The van der Waals surface area contributed by atoms with Crippen LogP contribution >= 0.6 is 11.6 Å². The summed E-state index contributed by atoms with van der Waals surface area (Å²) >= 11 is 6.35. The number of likely N-dealkylation sites (N-methyl/N-ethyl adjacent to an activating group) is 1. The maximum absolute atomic E-state index is 12.1. The minimum absolute atomic E-state index is 0.154. The number of nitrogens with one attached hydrogen (secondary N) is 5. The lowest BCUT2D eigenvalue weighted by Gasteiger charge is -2.13. The molecule has 0 unspecified atom stereocenters. The molecule has 11 nitrogen and oxygen atoms in total. The minimum Gasteiger partial charge on any atom is -0.337 e. The van der Waals surface area contributed by atoms with Gasteiger partial charge in [0.15, 0.2) is 11.6 Å². The molecule has 0 fully saturated rings. The molecule has 2 amide bonds. The Kier molecular flexibility index (Phi) is 7.96. The van der Waals surface area contributed by atoms with Crippen LogP contribution in [0.2, 0.25) is 5.02 Å². The highest BCUT2D eigenvalue weighted by Crippen LogP contribution is 2.30. The van der Waals surface area contributed by atoms with Gasteiger partial charge in [-0.2, -0.15) is 10.1 Å². The van der Waals surface area contributed by atoms with Crippen LogP contribution in [0.1, 0.15) is 6.92 Å². The predicted molar refractivity (Wildman–Crippen MR) is 147 cm³/mol. The molecule has 2 aromatic carbocycles. The molecule has 4 rings (SSSR count). The van der Waals surface area contributed by atoms with Crippen molar-refractivity contribution in [2.75, 3.05) is 41.9 Å². The summed E-state index contributed by atoms with van der Waals surface area (Å²) < 4.78 is 0. The van der Waals surface area contributed by atoms with Crippen molar-refractivity contribution in [3.05, 3.63) is 65.8 Å². The Morgan fingerprint density at radius 3 is 2.59 bits per heavy atom. The third kappa shape index (κ3) is 6.60. The van der Waals surface area contributed by atoms with Crippen molar-refractivity contribution in [2.45, 2.75) is 6.92 Å². The van der Waals surface area contributed by atoms with Crippen LogP contribution in [-0.2, 0) is 9.59 Å². The van der Waals surface area contributed by atoms with E-state index in [2.05, 4.69) is 41.4 Å². The number of carbonyl (C=O) groups excluding carboxylic acids is 2. The number of halogens is 1. The molecule has 0 saturated heterocycles. The molecule has 12 heteroatoms. The number of aromatic nitrogens is 4. The van der Waals surface area contributed by atoms with Gasteiger partial charge in [0.05, 0.1) is 29.6 Å². The molecule has 4 aromatic rings. The number of anilines is 6. The van der Waals surface area contributed by atoms with Crippen LogP contribution in [-0.4, -0.2) is 57.5 Å². The number of nitrogens with zero attached hydrogens (tertiary/aromatic N) is 4. The van der Waals surface area contributed by atoms with E-state index in [0.29, 0.717) is 39.7 Å². The molecule has 2 heterocycles. The molecule has 190 valence electrons. The van der Waals surface area contributed by atoms with E-state index in [4.69, 9.17) is 11.6 Å². The van der Waals surface area contributed by atoms with Gasteiger partial charge in [-0.15, -0.1) is 0 Å². The maximum atomic E-state index is 12.1. The molecule has 5 N–H and O–H groups in total. The van der Waals surface area contributed by atoms with E-state index in [0.717, 1.165) is 10.9 Å².